The topological polar surface area (TPSA) is 59.3 Å². The first-order valence-corrected chi connectivity index (χ1v) is 7.44. The first-order valence-electron chi connectivity index (χ1n) is 6.46. The monoisotopic (exact) mass is 276 g/mol. The van der Waals surface area contributed by atoms with Gasteiger partial charge in [-0.25, -0.2) is 0 Å². The van der Waals surface area contributed by atoms with E-state index in [-0.39, 0.29) is 5.91 Å². The maximum atomic E-state index is 11.8. The minimum atomic E-state index is 0.0667. The quantitative estimate of drug-likeness (QED) is 0.845. The van der Waals surface area contributed by atoms with Gasteiger partial charge >= 0.3 is 0 Å². The predicted molar refractivity (Wildman–Crippen MR) is 74.0 cm³/mol. The van der Waals surface area contributed by atoms with Crippen LogP contribution < -0.4 is 5.32 Å². The Labute approximate surface area is 115 Å². The Bertz CT molecular complexity index is 593. The largest absolute Gasteiger partial charge is 0.353 e. The Balaban J connectivity index is 1.58. The summed E-state index contributed by atoms with van der Waals surface area (Å²) in [6.07, 6.45) is 4.38. The summed E-state index contributed by atoms with van der Waals surface area (Å²) in [7, 11) is 0. The van der Waals surface area contributed by atoms with Crippen molar-refractivity contribution in [3.63, 3.8) is 0 Å². The Morgan fingerprint density at radius 1 is 1.53 bits per heavy atom. The zero-order valence-corrected chi connectivity index (χ0v) is 11.6. The lowest BCUT2D eigenvalue weighted by molar-refractivity contribution is -0.119. The van der Waals surface area contributed by atoms with Crippen LogP contribution in [0.5, 0.6) is 0 Å². The van der Waals surface area contributed by atoms with Crippen molar-refractivity contribution in [1.29, 1.82) is 0 Å². The maximum Gasteiger partial charge on any atom is 0.230 e. The van der Waals surface area contributed by atoms with E-state index in [0.717, 1.165) is 10.8 Å². The molecule has 1 N–H and O–H groups in total. The molecule has 1 aliphatic carbocycles. The van der Waals surface area contributed by atoms with Crippen molar-refractivity contribution in [1.82, 2.24) is 19.9 Å². The molecule has 1 amide bonds. The Hall–Kier alpha value is -1.56. The Kier molecular flexibility index (Phi) is 3.42. The number of aromatic nitrogens is 3. The highest BCUT2D eigenvalue weighted by Crippen LogP contribution is 2.32. The summed E-state index contributed by atoms with van der Waals surface area (Å²) in [5.74, 6) is 1.13. The van der Waals surface area contributed by atoms with Crippen molar-refractivity contribution >= 4 is 23.3 Å². The van der Waals surface area contributed by atoms with E-state index in [0.29, 0.717) is 17.7 Å². The highest BCUT2D eigenvalue weighted by molar-refractivity contribution is 7.99. The van der Waals surface area contributed by atoms with Gasteiger partial charge < -0.3 is 5.32 Å². The molecular formula is C13H16N4OS. The van der Waals surface area contributed by atoms with Crippen LogP contribution in [0.2, 0.25) is 0 Å². The first kappa shape index (κ1) is 12.5. The zero-order chi connectivity index (χ0) is 13.2. The first-order chi connectivity index (χ1) is 9.24. The lowest BCUT2D eigenvalue weighted by Crippen LogP contribution is -2.35. The van der Waals surface area contributed by atoms with Crippen molar-refractivity contribution in [3.05, 3.63) is 24.4 Å². The molecule has 0 saturated heterocycles. The van der Waals surface area contributed by atoms with Crippen LogP contribution in [-0.4, -0.2) is 32.3 Å². The number of amides is 1. The average molecular weight is 276 g/mol. The van der Waals surface area contributed by atoms with E-state index >= 15 is 0 Å². The molecule has 1 fully saturated rings. The lowest BCUT2D eigenvalue weighted by atomic mass is 10.2. The van der Waals surface area contributed by atoms with Gasteiger partial charge in [-0.3, -0.25) is 9.20 Å². The molecule has 0 radical (unpaired) electrons. The Morgan fingerprint density at radius 2 is 2.37 bits per heavy atom. The number of nitrogens with one attached hydrogen (secondary N) is 1. The summed E-state index contributed by atoms with van der Waals surface area (Å²) in [5, 5.41) is 11.9. The summed E-state index contributed by atoms with van der Waals surface area (Å²) in [6, 6.07) is 6.04. The fourth-order valence-corrected chi connectivity index (χ4v) is 2.79. The molecule has 100 valence electrons. The Morgan fingerprint density at radius 3 is 3.16 bits per heavy atom. The van der Waals surface area contributed by atoms with Crippen LogP contribution in [0.25, 0.3) is 5.65 Å². The molecule has 2 heterocycles. The molecule has 2 aromatic rings. The maximum absolute atomic E-state index is 11.8. The fraction of sp³-hybridized carbons (Fsp3) is 0.462. The number of nitrogens with zero attached hydrogens (tertiary/aromatic N) is 3. The van der Waals surface area contributed by atoms with Gasteiger partial charge in [0.1, 0.15) is 0 Å². The predicted octanol–water partition coefficient (Wildman–Crippen LogP) is 1.74. The van der Waals surface area contributed by atoms with Gasteiger partial charge in [0, 0.05) is 12.2 Å². The molecule has 1 atom stereocenters. The number of fused-ring (bicyclic) bond motifs is 1. The second-order valence-electron chi connectivity index (χ2n) is 4.89. The third kappa shape index (κ3) is 2.89. The summed E-state index contributed by atoms with van der Waals surface area (Å²) in [4.78, 5) is 11.8. The van der Waals surface area contributed by atoms with Gasteiger partial charge in [-0.05, 0) is 37.8 Å². The van der Waals surface area contributed by atoms with Gasteiger partial charge in [0.05, 0.1) is 5.75 Å². The van der Waals surface area contributed by atoms with Crippen molar-refractivity contribution in [2.45, 2.75) is 31.0 Å². The lowest BCUT2D eigenvalue weighted by Gasteiger charge is -2.11. The molecule has 0 spiro atoms. The molecule has 0 aromatic carbocycles. The van der Waals surface area contributed by atoms with Gasteiger partial charge in [-0.2, -0.15) is 0 Å². The third-order valence-electron chi connectivity index (χ3n) is 3.33. The van der Waals surface area contributed by atoms with Crippen LogP contribution in [0.4, 0.5) is 0 Å². The van der Waals surface area contributed by atoms with E-state index in [1.165, 1.54) is 24.6 Å². The summed E-state index contributed by atoms with van der Waals surface area (Å²) in [6.45, 7) is 2.08. The van der Waals surface area contributed by atoms with Crippen molar-refractivity contribution in [2.75, 3.05) is 5.75 Å². The average Bonchev–Trinajstić information content (AvgIpc) is 3.18. The molecule has 19 heavy (non-hydrogen) atoms. The van der Waals surface area contributed by atoms with E-state index < -0.39 is 0 Å². The van der Waals surface area contributed by atoms with Gasteiger partial charge in [-0.1, -0.05) is 17.8 Å². The van der Waals surface area contributed by atoms with Gasteiger partial charge in [0.15, 0.2) is 10.8 Å². The second kappa shape index (κ2) is 5.21. The highest BCUT2D eigenvalue weighted by Gasteiger charge is 2.28. The molecule has 1 aliphatic rings. The summed E-state index contributed by atoms with van der Waals surface area (Å²) >= 11 is 1.42. The number of pyridine rings is 1. The van der Waals surface area contributed by atoms with Gasteiger partial charge in [0.25, 0.3) is 0 Å². The van der Waals surface area contributed by atoms with Crippen molar-refractivity contribution < 1.29 is 4.79 Å². The molecule has 1 unspecified atom stereocenters. The third-order valence-corrected chi connectivity index (χ3v) is 4.28. The minimum Gasteiger partial charge on any atom is -0.353 e. The number of rotatable bonds is 5. The number of carbonyl (C=O) groups is 1. The highest BCUT2D eigenvalue weighted by atomic mass is 32.2. The smallest absolute Gasteiger partial charge is 0.230 e. The molecule has 0 bridgehead atoms. The number of carbonyl (C=O) groups excluding carboxylic acids is 1. The van der Waals surface area contributed by atoms with E-state index in [4.69, 9.17) is 0 Å². The van der Waals surface area contributed by atoms with E-state index in [1.54, 1.807) is 0 Å². The molecule has 6 heteroatoms. The normalized spacial score (nSPS) is 16.5. The van der Waals surface area contributed by atoms with Crippen LogP contribution >= 0.6 is 11.8 Å². The fourth-order valence-electron chi connectivity index (χ4n) is 2.06. The molecule has 3 rings (SSSR count). The minimum absolute atomic E-state index is 0.0667. The van der Waals surface area contributed by atoms with Crippen LogP contribution in [0.3, 0.4) is 0 Å². The number of hydrogen-bond donors (Lipinski definition) is 1. The van der Waals surface area contributed by atoms with Crippen LogP contribution in [0.1, 0.15) is 19.8 Å². The number of hydrogen-bond acceptors (Lipinski definition) is 4. The molecular weight excluding hydrogens is 260 g/mol. The molecule has 1 saturated carbocycles. The van der Waals surface area contributed by atoms with Crippen molar-refractivity contribution in [2.24, 2.45) is 5.92 Å². The summed E-state index contributed by atoms with van der Waals surface area (Å²) < 4.78 is 1.89. The van der Waals surface area contributed by atoms with Crippen LogP contribution in [-0.2, 0) is 4.79 Å². The standard InChI is InChI=1S/C13H16N4OS/c1-9(10-5-6-10)14-12(18)8-19-13-16-15-11-4-2-3-7-17(11)13/h2-4,7,9-10H,5-6,8H2,1H3,(H,14,18). The SMILES string of the molecule is CC(NC(=O)CSc1nnc2ccccn12)C1CC1. The second-order valence-corrected chi connectivity index (χ2v) is 5.84. The van der Waals surface area contributed by atoms with Crippen LogP contribution in [0.15, 0.2) is 29.6 Å². The van der Waals surface area contributed by atoms with Gasteiger partial charge in [0.2, 0.25) is 5.91 Å². The number of thioether (sulfide) groups is 1. The van der Waals surface area contributed by atoms with E-state index in [2.05, 4.69) is 22.4 Å². The molecule has 5 nitrogen and oxygen atoms in total. The van der Waals surface area contributed by atoms with Crippen LogP contribution in [0, 0.1) is 5.92 Å². The van der Waals surface area contributed by atoms with E-state index in [1.807, 2.05) is 28.8 Å². The molecule has 0 aliphatic heterocycles. The van der Waals surface area contributed by atoms with Gasteiger partial charge in [-0.15, -0.1) is 10.2 Å². The van der Waals surface area contributed by atoms with E-state index in [9.17, 15) is 4.79 Å². The zero-order valence-electron chi connectivity index (χ0n) is 10.7. The molecule has 2 aromatic heterocycles. The summed E-state index contributed by atoms with van der Waals surface area (Å²) in [5.41, 5.74) is 0.803. The van der Waals surface area contributed by atoms with Crippen molar-refractivity contribution in [3.8, 4) is 0 Å².